The molecule has 0 aromatic carbocycles. The van der Waals surface area contributed by atoms with E-state index in [-0.39, 0.29) is 6.09 Å². The van der Waals surface area contributed by atoms with E-state index in [9.17, 15) is 9.59 Å². The highest BCUT2D eigenvalue weighted by molar-refractivity contribution is 5.92. The summed E-state index contributed by atoms with van der Waals surface area (Å²) >= 11 is 0. The number of ether oxygens (including phenoxy) is 1. The molecule has 0 aliphatic carbocycles. The largest absolute Gasteiger partial charge is 0.444 e. The first kappa shape index (κ1) is 19.7. The third kappa shape index (κ3) is 6.44. The Morgan fingerprint density at radius 2 is 1.62 bits per heavy atom. The molecule has 24 heavy (non-hydrogen) atoms. The molecule has 1 heterocycles. The molecule has 1 fully saturated rings. The topological polar surface area (TPSA) is 88.2 Å². The Morgan fingerprint density at radius 1 is 1.12 bits per heavy atom. The van der Waals surface area contributed by atoms with Gasteiger partial charge in [-0.15, -0.1) is 0 Å². The van der Waals surface area contributed by atoms with E-state index in [1.54, 1.807) is 17.9 Å². The normalized spacial score (nSPS) is 16.9. The molecule has 7 nitrogen and oxygen atoms in total. The van der Waals surface area contributed by atoms with E-state index in [0.717, 1.165) is 5.84 Å². The lowest BCUT2D eigenvalue weighted by Crippen LogP contribution is -2.51. The van der Waals surface area contributed by atoms with Gasteiger partial charge in [0.25, 0.3) is 0 Å². The summed E-state index contributed by atoms with van der Waals surface area (Å²) in [6.07, 6.45) is 1.27. The van der Waals surface area contributed by atoms with Crippen LogP contribution in [0.2, 0.25) is 0 Å². The third-order valence-electron chi connectivity index (χ3n) is 3.47. The molecular weight excluding hydrogens is 308 g/mol. The minimum absolute atomic E-state index is 0.291. The summed E-state index contributed by atoms with van der Waals surface area (Å²) in [6, 6.07) is 0. The molecule has 1 aliphatic heterocycles. The molecule has 0 atom stereocenters. The quantitative estimate of drug-likeness (QED) is 0.369. The highest BCUT2D eigenvalue weighted by atomic mass is 16.6. The Kier molecular flexibility index (Phi) is 6.57. The van der Waals surface area contributed by atoms with Gasteiger partial charge in [0.1, 0.15) is 11.4 Å². The van der Waals surface area contributed by atoms with Gasteiger partial charge >= 0.3 is 6.09 Å². The van der Waals surface area contributed by atoms with Crippen molar-refractivity contribution >= 4 is 17.8 Å². The van der Waals surface area contributed by atoms with Crippen molar-refractivity contribution in [3.63, 3.8) is 0 Å². The summed E-state index contributed by atoms with van der Waals surface area (Å²) in [5.74, 6) is 0.298. The maximum absolute atomic E-state index is 12.0. The monoisotopic (exact) mass is 336 g/mol. The number of hydrogen-bond donors (Lipinski definition) is 1. The van der Waals surface area contributed by atoms with Crippen LogP contribution in [0.1, 0.15) is 34.6 Å². The molecule has 1 aliphatic rings. The highest BCUT2D eigenvalue weighted by Crippen LogP contribution is 2.12. The number of nitrogens with zero attached hydrogens (tertiary/aromatic N) is 3. The fourth-order valence-electron chi connectivity index (χ4n) is 2.17. The maximum atomic E-state index is 12.0. The van der Waals surface area contributed by atoms with Gasteiger partial charge in [-0.1, -0.05) is 6.58 Å². The van der Waals surface area contributed by atoms with Crippen LogP contribution in [0.3, 0.4) is 0 Å². The maximum Gasteiger partial charge on any atom is 0.410 e. The molecule has 7 heteroatoms. The number of rotatable bonds is 3. The van der Waals surface area contributed by atoms with Crippen LogP contribution in [0.15, 0.2) is 28.9 Å². The minimum Gasteiger partial charge on any atom is -0.444 e. The zero-order valence-corrected chi connectivity index (χ0v) is 15.3. The van der Waals surface area contributed by atoms with Gasteiger partial charge in [0.05, 0.1) is 5.70 Å². The molecule has 0 bridgehead atoms. The molecule has 1 rings (SSSR count). The Balaban J connectivity index is 2.59. The zero-order chi connectivity index (χ0) is 18.5. The lowest BCUT2D eigenvalue weighted by molar-refractivity contribution is -0.114. The molecule has 0 saturated carbocycles. The van der Waals surface area contributed by atoms with Crippen molar-refractivity contribution in [3.05, 3.63) is 23.9 Å². The fourth-order valence-corrected chi connectivity index (χ4v) is 2.17. The Morgan fingerprint density at radius 3 is 2.08 bits per heavy atom. The second-order valence-electron chi connectivity index (χ2n) is 6.80. The van der Waals surface area contributed by atoms with Crippen LogP contribution in [-0.2, 0) is 9.53 Å². The zero-order valence-electron chi connectivity index (χ0n) is 15.3. The van der Waals surface area contributed by atoms with Gasteiger partial charge in [0.2, 0.25) is 5.91 Å². The second-order valence-corrected chi connectivity index (χ2v) is 6.80. The number of allylic oxidation sites excluding steroid dienone is 1. The van der Waals surface area contributed by atoms with Gasteiger partial charge in [-0.2, -0.15) is 0 Å². The summed E-state index contributed by atoms with van der Waals surface area (Å²) in [7, 11) is 0. The SMILES string of the molecule is C=C(/C=C(\C)C(N)=O)N=C(C)N1CCN(C(=O)OC(C)(C)C)CC1. The van der Waals surface area contributed by atoms with Gasteiger partial charge in [0.15, 0.2) is 0 Å². The van der Waals surface area contributed by atoms with Crippen molar-refractivity contribution in [1.29, 1.82) is 0 Å². The number of carbonyl (C=O) groups is 2. The summed E-state index contributed by atoms with van der Waals surface area (Å²) in [4.78, 5) is 31.2. The number of primary amides is 1. The molecule has 0 unspecified atom stereocenters. The lowest BCUT2D eigenvalue weighted by Gasteiger charge is -2.36. The summed E-state index contributed by atoms with van der Waals surface area (Å²) in [5.41, 5.74) is 5.58. The Hall–Kier alpha value is -2.31. The average Bonchev–Trinajstić information content (AvgIpc) is 2.45. The minimum atomic E-state index is -0.492. The summed E-state index contributed by atoms with van der Waals surface area (Å²) in [6.45, 7) is 15.4. The van der Waals surface area contributed by atoms with E-state index in [4.69, 9.17) is 10.5 Å². The molecule has 2 N–H and O–H groups in total. The number of amides is 2. The Labute approximate surface area is 143 Å². The third-order valence-corrected chi connectivity index (χ3v) is 3.47. The summed E-state index contributed by atoms with van der Waals surface area (Å²) < 4.78 is 5.38. The second kappa shape index (κ2) is 7.99. The molecule has 0 radical (unpaired) electrons. The van der Waals surface area contributed by atoms with E-state index in [1.807, 2.05) is 27.7 Å². The Bertz CT molecular complexity index is 565. The standard InChI is InChI=1S/C17H28N4O3/c1-12(15(18)22)11-13(2)19-14(3)20-7-9-21(10-8-20)16(23)24-17(4,5)6/h11H,2,7-10H2,1,3-6H3,(H2,18,22)/b12-11+,19-14?. The lowest BCUT2D eigenvalue weighted by atomic mass is 10.2. The first-order valence-electron chi connectivity index (χ1n) is 7.95. The highest BCUT2D eigenvalue weighted by Gasteiger charge is 2.26. The number of carbonyl (C=O) groups excluding carboxylic acids is 2. The van der Waals surface area contributed by atoms with Crippen molar-refractivity contribution in [3.8, 4) is 0 Å². The van der Waals surface area contributed by atoms with Crippen LogP contribution in [0, 0.1) is 0 Å². The van der Waals surface area contributed by atoms with Crippen LogP contribution in [0.4, 0.5) is 4.79 Å². The molecule has 134 valence electrons. The smallest absolute Gasteiger partial charge is 0.410 e. The van der Waals surface area contributed by atoms with Crippen LogP contribution >= 0.6 is 0 Å². The number of nitrogens with two attached hydrogens (primary N) is 1. The van der Waals surface area contributed by atoms with E-state index >= 15 is 0 Å². The predicted molar refractivity (Wildman–Crippen MR) is 94.6 cm³/mol. The molecule has 1 saturated heterocycles. The van der Waals surface area contributed by atoms with Crippen LogP contribution in [0.5, 0.6) is 0 Å². The molecule has 2 amide bonds. The van der Waals surface area contributed by atoms with Crippen molar-refractivity contribution in [2.45, 2.75) is 40.2 Å². The average molecular weight is 336 g/mol. The van der Waals surface area contributed by atoms with Crippen molar-refractivity contribution in [2.24, 2.45) is 10.7 Å². The number of amidine groups is 1. The van der Waals surface area contributed by atoms with Crippen LogP contribution in [0.25, 0.3) is 0 Å². The van der Waals surface area contributed by atoms with E-state index in [2.05, 4.69) is 16.5 Å². The van der Waals surface area contributed by atoms with E-state index in [1.165, 1.54) is 0 Å². The van der Waals surface area contributed by atoms with Gasteiger partial charge in [-0.25, -0.2) is 9.79 Å². The molecular formula is C17H28N4O3. The van der Waals surface area contributed by atoms with Crippen molar-refractivity contribution in [1.82, 2.24) is 9.80 Å². The first-order chi connectivity index (χ1) is 11.0. The van der Waals surface area contributed by atoms with Gasteiger partial charge in [-0.05, 0) is 40.7 Å². The van der Waals surface area contributed by atoms with Gasteiger partial charge < -0.3 is 20.3 Å². The predicted octanol–water partition coefficient (Wildman–Crippen LogP) is 1.90. The van der Waals surface area contributed by atoms with Crippen LogP contribution < -0.4 is 5.73 Å². The van der Waals surface area contributed by atoms with Crippen molar-refractivity contribution < 1.29 is 14.3 Å². The molecule has 0 spiro atoms. The van der Waals surface area contributed by atoms with E-state index < -0.39 is 11.5 Å². The molecule has 0 aromatic heterocycles. The van der Waals surface area contributed by atoms with Gasteiger partial charge in [-0.3, -0.25) is 4.79 Å². The van der Waals surface area contributed by atoms with Gasteiger partial charge in [0, 0.05) is 31.8 Å². The first-order valence-corrected chi connectivity index (χ1v) is 7.95. The number of piperazine rings is 1. The summed E-state index contributed by atoms with van der Waals surface area (Å²) in [5, 5.41) is 0. The fraction of sp³-hybridized carbons (Fsp3) is 0.588. The number of aliphatic imine (C=N–C) groups is 1. The van der Waals surface area contributed by atoms with Crippen molar-refractivity contribution in [2.75, 3.05) is 26.2 Å². The van der Waals surface area contributed by atoms with E-state index in [0.29, 0.717) is 37.4 Å². The van der Waals surface area contributed by atoms with Crippen LogP contribution in [-0.4, -0.2) is 59.4 Å². The number of hydrogen-bond acceptors (Lipinski definition) is 4. The molecule has 0 aromatic rings.